The van der Waals surface area contributed by atoms with Crippen molar-refractivity contribution in [1.29, 1.82) is 0 Å². The van der Waals surface area contributed by atoms with E-state index in [2.05, 4.69) is 4.98 Å². The van der Waals surface area contributed by atoms with Gasteiger partial charge >= 0.3 is 0 Å². The van der Waals surface area contributed by atoms with Crippen LogP contribution in [-0.4, -0.2) is 29.4 Å². The van der Waals surface area contributed by atoms with Crippen LogP contribution in [0, 0.1) is 17.8 Å². The van der Waals surface area contributed by atoms with Gasteiger partial charge in [0, 0.05) is 16.0 Å². The van der Waals surface area contributed by atoms with Crippen LogP contribution in [0.15, 0.2) is 24.4 Å². The van der Waals surface area contributed by atoms with Crippen LogP contribution in [-0.2, 0) is 14.4 Å². The minimum atomic E-state index is -1.19. The maximum atomic E-state index is 13.1. The van der Waals surface area contributed by atoms with Crippen molar-refractivity contribution in [2.24, 2.45) is 10.8 Å². The Bertz CT molecular complexity index is 925. The van der Waals surface area contributed by atoms with Gasteiger partial charge in [0.25, 0.3) is 0 Å². The van der Waals surface area contributed by atoms with Crippen molar-refractivity contribution in [2.75, 3.05) is 7.11 Å². The van der Waals surface area contributed by atoms with Crippen LogP contribution in [0.25, 0.3) is 10.4 Å². The quantitative estimate of drug-likeness (QED) is 0.747. The number of Topliss-reactive ketones (excluding diaryl/α,β-unsaturated/α-hetero) is 3. The molecule has 0 aliphatic heterocycles. The van der Waals surface area contributed by atoms with Crippen molar-refractivity contribution >= 4 is 28.7 Å². The van der Waals surface area contributed by atoms with Gasteiger partial charge in [-0.2, -0.15) is 0 Å². The number of pyridine rings is 1. The highest BCUT2D eigenvalue weighted by Crippen LogP contribution is 2.47. The van der Waals surface area contributed by atoms with E-state index in [1.807, 2.05) is 25.1 Å². The van der Waals surface area contributed by atoms with Crippen LogP contribution in [0.4, 0.5) is 0 Å². The summed E-state index contributed by atoms with van der Waals surface area (Å²) in [6.45, 7) is 8.36. The maximum absolute atomic E-state index is 13.1. The third-order valence-electron chi connectivity index (χ3n) is 5.39. The number of rotatable bonds is 3. The van der Waals surface area contributed by atoms with Gasteiger partial charge in [-0.1, -0.05) is 0 Å². The van der Waals surface area contributed by atoms with Gasteiger partial charge in [0.05, 0.1) is 23.5 Å². The SMILES string of the molecule is COc1ncccc1-c1cc(C2C(=O)C(C)(C)C(=O)C(C)(C)C2=O)c(C)s1. The van der Waals surface area contributed by atoms with Crippen molar-refractivity contribution in [3.8, 4) is 16.3 Å². The average Bonchev–Trinajstić information content (AvgIpc) is 3.01. The van der Waals surface area contributed by atoms with Crippen LogP contribution >= 0.6 is 11.3 Å². The first-order valence-electron chi connectivity index (χ1n) is 8.76. The van der Waals surface area contributed by atoms with Gasteiger partial charge in [-0.05, 0) is 58.4 Å². The number of thiophene rings is 1. The largest absolute Gasteiger partial charge is 0.481 e. The summed E-state index contributed by atoms with van der Waals surface area (Å²) in [5.41, 5.74) is -0.903. The van der Waals surface area contributed by atoms with Crippen LogP contribution in [0.1, 0.15) is 44.1 Å². The highest BCUT2D eigenvalue weighted by atomic mass is 32.1. The number of ether oxygens (including phenoxy) is 1. The zero-order valence-corrected chi connectivity index (χ0v) is 17.2. The average molecular weight is 385 g/mol. The number of carbonyl (C=O) groups is 3. The van der Waals surface area contributed by atoms with Crippen molar-refractivity contribution in [3.05, 3.63) is 34.8 Å². The Morgan fingerprint density at radius 2 is 1.67 bits per heavy atom. The first kappa shape index (κ1) is 19.4. The van der Waals surface area contributed by atoms with E-state index >= 15 is 0 Å². The second kappa shape index (κ2) is 6.37. The number of hydrogen-bond donors (Lipinski definition) is 0. The molecule has 0 saturated heterocycles. The predicted molar refractivity (Wildman–Crippen MR) is 104 cm³/mol. The van der Waals surface area contributed by atoms with Gasteiger partial charge in [0.2, 0.25) is 5.88 Å². The number of methoxy groups -OCH3 is 1. The zero-order chi connectivity index (χ0) is 20.1. The van der Waals surface area contributed by atoms with Crippen molar-refractivity contribution in [1.82, 2.24) is 4.98 Å². The molecule has 6 heteroatoms. The molecule has 1 saturated carbocycles. The highest BCUT2D eigenvalue weighted by molar-refractivity contribution is 7.15. The molecule has 5 nitrogen and oxygen atoms in total. The third kappa shape index (κ3) is 2.83. The first-order chi connectivity index (χ1) is 12.5. The number of nitrogens with zero attached hydrogens (tertiary/aromatic N) is 1. The monoisotopic (exact) mass is 385 g/mol. The van der Waals surface area contributed by atoms with Gasteiger partial charge < -0.3 is 4.74 Å². The molecule has 1 fully saturated rings. The molecule has 2 heterocycles. The molecule has 1 aliphatic carbocycles. The second-order valence-corrected chi connectivity index (χ2v) is 9.18. The summed E-state index contributed by atoms with van der Waals surface area (Å²) < 4.78 is 5.33. The standard InChI is InChI=1S/C21H23NO4S/c1-11-13(10-14(27-11)12-8-7-9-22-18(12)26-6)15-16(23)20(2,3)19(25)21(4,5)17(15)24/h7-10,15H,1-6H3. The first-order valence-corrected chi connectivity index (χ1v) is 9.58. The van der Waals surface area contributed by atoms with Crippen LogP contribution in [0.2, 0.25) is 0 Å². The summed E-state index contributed by atoms with van der Waals surface area (Å²) in [6, 6.07) is 5.57. The number of carbonyl (C=O) groups excluding carboxylic acids is 3. The van der Waals surface area contributed by atoms with Gasteiger partial charge in [0.15, 0.2) is 17.3 Å². The minimum absolute atomic E-state index is 0.316. The van der Waals surface area contributed by atoms with E-state index in [9.17, 15) is 14.4 Å². The summed E-state index contributed by atoms with van der Waals surface area (Å²) in [5.74, 6) is -1.42. The van der Waals surface area contributed by atoms with Gasteiger partial charge in [-0.15, -0.1) is 11.3 Å². The minimum Gasteiger partial charge on any atom is -0.481 e. The maximum Gasteiger partial charge on any atom is 0.221 e. The lowest BCUT2D eigenvalue weighted by Gasteiger charge is -2.40. The van der Waals surface area contributed by atoms with E-state index in [1.165, 1.54) is 11.3 Å². The Labute approximate surface area is 162 Å². The van der Waals surface area contributed by atoms with Crippen LogP contribution in [0.3, 0.4) is 0 Å². The molecule has 0 radical (unpaired) electrons. The molecule has 0 spiro atoms. The number of hydrogen-bond acceptors (Lipinski definition) is 6. The summed E-state index contributed by atoms with van der Waals surface area (Å²) in [6.07, 6.45) is 1.65. The molecule has 27 heavy (non-hydrogen) atoms. The molecule has 3 rings (SSSR count). The van der Waals surface area contributed by atoms with Gasteiger partial charge in [0.1, 0.15) is 5.92 Å². The Hall–Kier alpha value is -2.34. The molecule has 142 valence electrons. The fraction of sp³-hybridized carbons (Fsp3) is 0.429. The molecule has 0 N–H and O–H groups in total. The predicted octanol–water partition coefficient (Wildman–Crippen LogP) is 3.98. The summed E-state index contributed by atoms with van der Waals surface area (Å²) >= 11 is 1.49. The van der Waals surface area contributed by atoms with E-state index in [4.69, 9.17) is 4.74 Å². The molecule has 2 aromatic heterocycles. The smallest absolute Gasteiger partial charge is 0.221 e. The summed E-state index contributed by atoms with van der Waals surface area (Å²) in [4.78, 5) is 44.9. The molecular formula is C21H23NO4S. The molecule has 0 bridgehead atoms. The summed E-state index contributed by atoms with van der Waals surface area (Å²) in [7, 11) is 1.55. The molecule has 1 aliphatic rings. The fourth-order valence-electron chi connectivity index (χ4n) is 3.78. The number of aryl methyl sites for hydroxylation is 1. The molecular weight excluding hydrogens is 362 g/mol. The van der Waals surface area contributed by atoms with E-state index in [0.29, 0.717) is 11.4 Å². The van der Waals surface area contributed by atoms with E-state index in [1.54, 1.807) is 41.0 Å². The molecule has 0 atom stereocenters. The highest BCUT2D eigenvalue weighted by Gasteiger charge is 2.58. The van der Waals surface area contributed by atoms with Crippen molar-refractivity contribution in [3.63, 3.8) is 0 Å². The molecule has 2 aromatic rings. The summed E-state index contributed by atoms with van der Waals surface area (Å²) in [5, 5.41) is 0. The van der Waals surface area contributed by atoms with Crippen LogP contribution in [0.5, 0.6) is 5.88 Å². The fourth-order valence-corrected chi connectivity index (χ4v) is 4.86. The normalized spacial score (nSPS) is 19.4. The van der Waals surface area contributed by atoms with E-state index in [0.717, 1.165) is 15.3 Å². The Morgan fingerprint density at radius 1 is 1.07 bits per heavy atom. The lowest BCUT2D eigenvalue weighted by atomic mass is 9.57. The topological polar surface area (TPSA) is 73.3 Å². The van der Waals surface area contributed by atoms with Gasteiger partial charge in [-0.3, -0.25) is 14.4 Å². The molecule has 0 aromatic carbocycles. The van der Waals surface area contributed by atoms with E-state index < -0.39 is 16.7 Å². The zero-order valence-electron chi connectivity index (χ0n) is 16.4. The Balaban J connectivity index is 2.14. The van der Waals surface area contributed by atoms with E-state index in [-0.39, 0.29) is 17.3 Å². The number of aromatic nitrogens is 1. The third-order valence-corrected chi connectivity index (χ3v) is 6.49. The Morgan fingerprint density at radius 3 is 2.22 bits per heavy atom. The van der Waals surface area contributed by atoms with Crippen molar-refractivity contribution in [2.45, 2.75) is 40.5 Å². The second-order valence-electron chi connectivity index (χ2n) is 7.92. The van der Waals surface area contributed by atoms with Gasteiger partial charge in [-0.25, -0.2) is 4.98 Å². The number of ketones is 3. The lowest BCUT2D eigenvalue weighted by Crippen LogP contribution is -2.56. The van der Waals surface area contributed by atoms with Crippen LogP contribution < -0.4 is 4.74 Å². The molecule has 0 amide bonds. The molecule has 0 unspecified atom stereocenters. The van der Waals surface area contributed by atoms with Crippen molar-refractivity contribution < 1.29 is 19.1 Å². The Kier molecular flexibility index (Phi) is 4.58. The lowest BCUT2D eigenvalue weighted by molar-refractivity contribution is -0.157.